The molecule has 1 aliphatic heterocycles. The van der Waals surface area contributed by atoms with Crippen LogP contribution >= 0.6 is 0 Å². The first-order valence-corrected chi connectivity index (χ1v) is 8.55. The third-order valence-corrected chi connectivity index (χ3v) is 4.30. The second-order valence-electron chi connectivity index (χ2n) is 6.33. The molecule has 0 saturated carbocycles. The van der Waals surface area contributed by atoms with Gasteiger partial charge in [-0.05, 0) is 37.8 Å². The van der Waals surface area contributed by atoms with Crippen molar-refractivity contribution in [3.05, 3.63) is 23.9 Å². The van der Waals surface area contributed by atoms with Gasteiger partial charge in [-0.1, -0.05) is 0 Å². The fourth-order valence-electron chi connectivity index (χ4n) is 2.86. The number of rotatable bonds is 7. The van der Waals surface area contributed by atoms with E-state index in [0.717, 1.165) is 12.3 Å². The number of amides is 1. The van der Waals surface area contributed by atoms with Crippen molar-refractivity contribution in [3.8, 4) is 0 Å². The zero-order valence-electron chi connectivity index (χ0n) is 14.3. The number of halogens is 3. The summed E-state index contributed by atoms with van der Waals surface area (Å²) in [5, 5.41) is 11.5. The molecule has 1 aliphatic rings. The summed E-state index contributed by atoms with van der Waals surface area (Å²) in [6.45, 7) is 1.20. The number of carbonyl (C=O) groups excluding carboxylic acids is 1. The highest BCUT2D eigenvalue weighted by molar-refractivity contribution is 5.76. The molecule has 1 amide bonds. The Labute approximate surface area is 149 Å². The number of carboxylic acid groups (broad SMARTS) is 1. The van der Waals surface area contributed by atoms with Gasteiger partial charge < -0.3 is 15.3 Å². The van der Waals surface area contributed by atoms with Crippen LogP contribution in [0.5, 0.6) is 0 Å². The number of nitrogens with one attached hydrogen (secondary N) is 1. The van der Waals surface area contributed by atoms with E-state index in [1.165, 1.54) is 6.07 Å². The molecular weight excluding hydrogens is 351 g/mol. The lowest BCUT2D eigenvalue weighted by atomic mass is 10.0. The molecule has 1 aromatic rings. The van der Waals surface area contributed by atoms with Crippen LogP contribution in [0.25, 0.3) is 0 Å². The Hall–Kier alpha value is -2.32. The predicted octanol–water partition coefficient (Wildman–Crippen LogP) is 2.83. The molecule has 6 nitrogen and oxygen atoms in total. The number of hydrogen-bond donors (Lipinski definition) is 2. The maximum absolute atomic E-state index is 12.6. The maximum atomic E-state index is 12.6. The lowest BCUT2D eigenvalue weighted by Crippen LogP contribution is -2.44. The second kappa shape index (κ2) is 8.86. The van der Waals surface area contributed by atoms with Crippen molar-refractivity contribution < 1.29 is 27.9 Å². The number of nitrogens with zero attached hydrogens (tertiary/aromatic N) is 2. The van der Waals surface area contributed by atoms with Gasteiger partial charge in [-0.3, -0.25) is 9.59 Å². The summed E-state index contributed by atoms with van der Waals surface area (Å²) in [4.78, 5) is 28.0. The third kappa shape index (κ3) is 6.20. The second-order valence-corrected chi connectivity index (χ2v) is 6.33. The molecule has 1 fully saturated rings. The Morgan fingerprint density at radius 2 is 1.85 bits per heavy atom. The monoisotopic (exact) mass is 373 g/mol. The smallest absolute Gasteiger partial charge is 0.417 e. The molecule has 0 radical (unpaired) electrons. The molecule has 1 saturated heterocycles. The van der Waals surface area contributed by atoms with E-state index in [-0.39, 0.29) is 18.4 Å². The molecule has 0 spiro atoms. The molecule has 0 atom stereocenters. The van der Waals surface area contributed by atoms with E-state index >= 15 is 0 Å². The van der Waals surface area contributed by atoms with Crippen molar-refractivity contribution >= 4 is 17.7 Å². The first-order valence-electron chi connectivity index (χ1n) is 8.55. The summed E-state index contributed by atoms with van der Waals surface area (Å²) < 4.78 is 37.7. The minimum atomic E-state index is -4.40. The van der Waals surface area contributed by atoms with Crippen molar-refractivity contribution in [2.24, 2.45) is 0 Å². The summed E-state index contributed by atoms with van der Waals surface area (Å²) in [6.07, 6.45) is -0.826. The number of unbranched alkanes of at least 4 members (excludes halogenated alkanes) is 1. The number of carboxylic acids is 1. The molecule has 0 bridgehead atoms. The average Bonchev–Trinajstić information content (AvgIpc) is 2.59. The number of carbonyl (C=O) groups is 2. The highest BCUT2D eigenvalue weighted by atomic mass is 19.4. The quantitative estimate of drug-likeness (QED) is 0.718. The molecule has 0 aliphatic carbocycles. The van der Waals surface area contributed by atoms with Gasteiger partial charge in [0.2, 0.25) is 5.91 Å². The van der Waals surface area contributed by atoms with Crippen molar-refractivity contribution in [2.45, 2.75) is 50.7 Å². The normalized spacial score (nSPS) is 15.7. The largest absolute Gasteiger partial charge is 0.481 e. The van der Waals surface area contributed by atoms with E-state index in [1.807, 2.05) is 4.90 Å². The van der Waals surface area contributed by atoms with E-state index in [9.17, 15) is 22.8 Å². The van der Waals surface area contributed by atoms with Crippen LogP contribution in [0.4, 0.5) is 19.0 Å². The van der Waals surface area contributed by atoms with E-state index in [1.54, 1.807) is 0 Å². The van der Waals surface area contributed by atoms with E-state index in [4.69, 9.17) is 5.11 Å². The zero-order chi connectivity index (χ0) is 19.2. The number of aliphatic carboxylic acids is 1. The lowest BCUT2D eigenvalue weighted by Gasteiger charge is -2.33. The minimum Gasteiger partial charge on any atom is -0.481 e. The molecule has 1 aromatic heterocycles. The summed E-state index contributed by atoms with van der Waals surface area (Å²) in [7, 11) is 0. The van der Waals surface area contributed by atoms with Crippen LogP contribution in [0.15, 0.2) is 18.3 Å². The van der Waals surface area contributed by atoms with E-state index in [0.29, 0.717) is 51.0 Å². The van der Waals surface area contributed by atoms with Crippen LogP contribution in [-0.4, -0.2) is 41.1 Å². The summed E-state index contributed by atoms with van der Waals surface area (Å²) in [5.74, 6) is -0.465. The van der Waals surface area contributed by atoms with Crippen LogP contribution in [-0.2, 0) is 15.8 Å². The van der Waals surface area contributed by atoms with Crippen LogP contribution < -0.4 is 10.2 Å². The average molecular weight is 373 g/mol. The Bertz CT molecular complexity index is 612. The predicted molar refractivity (Wildman–Crippen MR) is 88.7 cm³/mol. The highest BCUT2D eigenvalue weighted by Crippen LogP contribution is 2.29. The van der Waals surface area contributed by atoms with Crippen molar-refractivity contribution in [1.29, 1.82) is 0 Å². The zero-order valence-corrected chi connectivity index (χ0v) is 14.3. The van der Waals surface area contributed by atoms with Gasteiger partial charge in [-0.2, -0.15) is 13.2 Å². The van der Waals surface area contributed by atoms with Crippen molar-refractivity contribution in [1.82, 2.24) is 10.3 Å². The third-order valence-electron chi connectivity index (χ3n) is 4.30. The van der Waals surface area contributed by atoms with Crippen molar-refractivity contribution in [2.75, 3.05) is 18.0 Å². The molecule has 144 valence electrons. The Morgan fingerprint density at radius 3 is 2.38 bits per heavy atom. The number of piperidine rings is 1. The standard InChI is InChI=1S/C17H22F3N3O3/c18-17(19,20)12-5-6-14(21-11-12)23-9-7-13(8-10-23)22-15(24)3-1-2-4-16(25)26/h5-6,11,13H,1-4,7-10H2,(H,22,24)(H,25,26). The summed E-state index contributed by atoms with van der Waals surface area (Å²) in [5.41, 5.74) is -0.772. The summed E-state index contributed by atoms with van der Waals surface area (Å²) >= 11 is 0. The minimum absolute atomic E-state index is 0.0210. The van der Waals surface area contributed by atoms with Gasteiger partial charge in [-0.15, -0.1) is 0 Å². The lowest BCUT2D eigenvalue weighted by molar-refractivity contribution is -0.138. The Balaban J connectivity index is 1.73. The fourth-order valence-corrected chi connectivity index (χ4v) is 2.86. The number of aromatic nitrogens is 1. The number of pyridine rings is 1. The number of hydrogen-bond acceptors (Lipinski definition) is 4. The Morgan fingerprint density at radius 1 is 1.19 bits per heavy atom. The first kappa shape index (κ1) is 20.0. The van der Waals surface area contributed by atoms with Crippen LogP contribution in [0.2, 0.25) is 0 Å². The van der Waals surface area contributed by atoms with E-state index in [2.05, 4.69) is 10.3 Å². The van der Waals surface area contributed by atoms with E-state index < -0.39 is 17.7 Å². The van der Waals surface area contributed by atoms with Gasteiger partial charge in [0.1, 0.15) is 5.82 Å². The summed E-state index contributed by atoms with van der Waals surface area (Å²) in [6, 6.07) is 2.41. The highest BCUT2D eigenvalue weighted by Gasteiger charge is 2.31. The SMILES string of the molecule is O=C(O)CCCCC(=O)NC1CCN(c2ccc(C(F)(F)F)cn2)CC1. The van der Waals surface area contributed by atoms with Gasteiger partial charge in [0, 0.05) is 38.2 Å². The van der Waals surface area contributed by atoms with Crippen LogP contribution in [0, 0.1) is 0 Å². The molecule has 0 aromatic carbocycles. The molecule has 2 rings (SSSR count). The van der Waals surface area contributed by atoms with Crippen molar-refractivity contribution in [3.63, 3.8) is 0 Å². The number of alkyl halides is 3. The molecule has 26 heavy (non-hydrogen) atoms. The molecule has 0 unspecified atom stereocenters. The molecule has 2 N–H and O–H groups in total. The van der Waals surface area contributed by atoms with Gasteiger partial charge >= 0.3 is 12.1 Å². The first-order chi connectivity index (χ1) is 12.3. The molecule has 9 heteroatoms. The van der Waals surface area contributed by atoms with Gasteiger partial charge in [-0.25, -0.2) is 4.98 Å². The molecular formula is C17H22F3N3O3. The van der Waals surface area contributed by atoms with Crippen LogP contribution in [0.1, 0.15) is 44.1 Å². The Kier molecular flexibility index (Phi) is 6.82. The van der Waals surface area contributed by atoms with Gasteiger partial charge in [0.15, 0.2) is 0 Å². The fraction of sp³-hybridized carbons (Fsp3) is 0.588. The molecule has 2 heterocycles. The maximum Gasteiger partial charge on any atom is 0.417 e. The van der Waals surface area contributed by atoms with Gasteiger partial charge in [0.25, 0.3) is 0 Å². The van der Waals surface area contributed by atoms with Gasteiger partial charge in [0.05, 0.1) is 5.56 Å². The number of anilines is 1. The van der Waals surface area contributed by atoms with Crippen LogP contribution in [0.3, 0.4) is 0 Å². The topological polar surface area (TPSA) is 82.5 Å².